The minimum Gasteiger partial charge on any atom is -0.468 e. The largest absolute Gasteiger partial charge is 0.468 e. The minimum absolute atomic E-state index is 0.0507. The van der Waals surface area contributed by atoms with Gasteiger partial charge in [0.2, 0.25) is 4.75 Å². The predicted octanol–water partition coefficient (Wildman–Crippen LogP) is 2.95. The number of sulfone groups is 1. The lowest BCUT2D eigenvalue weighted by molar-refractivity contribution is -0.256. The number of methoxy groups -OCH3 is 1. The topological polar surface area (TPSA) is 88.1 Å². The fraction of sp³-hybridized carbons (Fsp3) is 0.350. The van der Waals surface area contributed by atoms with Crippen molar-refractivity contribution in [1.29, 1.82) is 0 Å². The molecule has 1 heterocycles. The molecule has 0 bridgehead atoms. The van der Waals surface area contributed by atoms with Gasteiger partial charge in [-0.25, -0.2) is 8.42 Å². The number of carbonyl (C=O) groups excluding carboxylic acids is 1. The Morgan fingerprint density at radius 3 is 2.00 bits per heavy atom. The van der Waals surface area contributed by atoms with Crippen LogP contribution in [0.4, 0.5) is 0 Å². The van der Waals surface area contributed by atoms with E-state index in [1.807, 2.05) is 18.2 Å². The van der Waals surface area contributed by atoms with Gasteiger partial charge in [0.15, 0.2) is 15.6 Å². The first kappa shape index (κ1) is 20.3. The Hall–Kier alpha value is -2.42. The number of benzene rings is 2. The van der Waals surface area contributed by atoms with Crippen LogP contribution in [0.2, 0.25) is 0 Å². The summed E-state index contributed by atoms with van der Waals surface area (Å²) >= 11 is 0. The Balaban J connectivity index is 1.90. The Bertz CT molecular complexity index is 924. The molecule has 2 aromatic rings. The van der Waals surface area contributed by atoms with Crippen LogP contribution in [-0.2, 0) is 28.8 Å². The third-order valence-corrected chi connectivity index (χ3v) is 6.81. The second-order valence-corrected chi connectivity index (χ2v) is 9.11. The van der Waals surface area contributed by atoms with Crippen molar-refractivity contribution >= 4 is 15.8 Å². The molecule has 0 amide bonds. The smallest absolute Gasteiger partial charge is 0.332 e. The molecule has 0 saturated carbocycles. The number of rotatable bonds is 5. The molecular formula is C20H22O7S. The molecule has 0 aromatic heterocycles. The number of para-hydroxylation sites is 1. The molecule has 2 aromatic carbocycles. The van der Waals surface area contributed by atoms with Gasteiger partial charge in [-0.3, -0.25) is 4.79 Å². The van der Waals surface area contributed by atoms with Gasteiger partial charge >= 0.3 is 5.97 Å². The molecule has 0 N–H and O–H groups in total. The highest BCUT2D eigenvalue weighted by Gasteiger charge is 2.57. The van der Waals surface area contributed by atoms with E-state index < -0.39 is 26.3 Å². The van der Waals surface area contributed by atoms with E-state index in [1.54, 1.807) is 26.0 Å². The zero-order valence-corrected chi connectivity index (χ0v) is 16.7. The third-order valence-electron chi connectivity index (χ3n) is 4.49. The molecule has 0 radical (unpaired) electrons. The Labute approximate surface area is 164 Å². The first-order valence-corrected chi connectivity index (χ1v) is 10.1. The van der Waals surface area contributed by atoms with Crippen LogP contribution in [0.3, 0.4) is 0 Å². The van der Waals surface area contributed by atoms with E-state index in [4.69, 9.17) is 18.9 Å². The van der Waals surface area contributed by atoms with Crippen molar-refractivity contribution < 1.29 is 32.2 Å². The van der Waals surface area contributed by atoms with Crippen LogP contribution in [0.15, 0.2) is 59.5 Å². The van der Waals surface area contributed by atoms with Gasteiger partial charge in [-0.15, -0.1) is 0 Å². The maximum absolute atomic E-state index is 13.3. The minimum atomic E-state index is -4.15. The maximum Gasteiger partial charge on any atom is 0.332 e. The normalized spacial score (nSPS) is 18.2. The molecule has 0 aliphatic carbocycles. The van der Waals surface area contributed by atoms with Gasteiger partial charge < -0.3 is 18.9 Å². The van der Waals surface area contributed by atoms with E-state index in [2.05, 4.69) is 0 Å². The molecular weight excluding hydrogens is 384 g/mol. The van der Waals surface area contributed by atoms with Crippen LogP contribution in [0, 0.1) is 0 Å². The van der Waals surface area contributed by atoms with Crippen molar-refractivity contribution in [2.24, 2.45) is 0 Å². The average Bonchev–Trinajstić information content (AvgIpc) is 2.68. The van der Waals surface area contributed by atoms with Crippen LogP contribution in [0.5, 0.6) is 11.5 Å². The van der Waals surface area contributed by atoms with E-state index in [1.165, 1.54) is 24.3 Å². The van der Waals surface area contributed by atoms with E-state index in [9.17, 15) is 13.2 Å². The first-order chi connectivity index (χ1) is 13.2. The molecule has 0 atom stereocenters. The van der Waals surface area contributed by atoms with E-state index >= 15 is 0 Å². The average molecular weight is 406 g/mol. The van der Waals surface area contributed by atoms with Crippen molar-refractivity contribution in [3.8, 4) is 11.5 Å². The molecule has 1 aliphatic heterocycles. The van der Waals surface area contributed by atoms with Gasteiger partial charge in [0.1, 0.15) is 11.5 Å². The Morgan fingerprint density at radius 2 is 1.46 bits per heavy atom. The summed E-state index contributed by atoms with van der Waals surface area (Å²) < 4.78 is 46.0. The predicted molar refractivity (Wildman–Crippen MR) is 101 cm³/mol. The lowest BCUT2D eigenvalue weighted by atomic mass is 10.1. The van der Waals surface area contributed by atoms with Gasteiger partial charge in [-0.1, -0.05) is 18.2 Å². The maximum atomic E-state index is 13.3. The summed E-state index contributed by atoms with van der Waals surface area (Å²) in [6.07, 6.45) is 0. The molecule has 1 fully saturated rings. The Kier molecular flexibility index (Phi) is 5.47. The first-order valence-electron chi connectivity index (χ1n) is 8.64. The van der Waals surface area contributed by atoms with E-state index in [0.717, 1.165) is 7.11 Å². The summed E-state index contributed by atoms with van der Waals surface area (Å²) in [6.45, 7) is 2.57. The summed E-state index contributed by atoms with van der Waals surface area (Å²) in [5, 5.41) is 0. The SMILES string of the molecule is COC(=O)C1(S(=O)(=O)c2ccc(Oc3ccccc3)cc2)COC(C)(C)OC1. The monoisotopic (exact) mass is 406 g/mol. The molecule has 0 unspecified atom stereocenters. The van der Waals surface area contributed by atoms with E-state index in [0.29, 0.717) is 11.5 Å². The molecule has 150 valence electrons. The standard InChI is InChI=1S/C20H22O7S/c1-19(2)25-13-20(14-26-19,18(21)24-3)28(22,23)17-11-9-16(10-12-17)27-15-7-5-4-6-8-15/h4-12H,13-14H2,1-3H3. The number of esters is 1. The second-order valence-electron chi connectivity index (χ2n) is 6.85. The van der Waals surface area contributed by atoms with Gasteiger partial charge in [0.05, 0.1) is 25.2 Å². The summed E-state index contributed by atoms with van der Waals surface area (Å²) in [5.74, 6) is -0.817. The highest BCUT2D eigenvalue weighted by Crippen LogP contribution is 2.35. The summed E-state index contributed by atoms with van der Waals surface area (Å²) in [5.41, 5.74) is 0. The molecule has 8 heteroatoms. The fourth-order valence-electron chi connectivity index (χ4n) is 2.77. The second kappa shape index (κ2) is 7.54. The fourth-order valence-corrected chi connectivity index (χ4v) is 4.45. The Morgan fingerprint density at radius 1 is 0.929 bits per heavy atom. The molecule has 0 spiro atoms. The van der Waals surface area contributed by atoms with Crippen LogP contribution in [0.1, 0.15) is 13.8 Å². The number of hydrogen-bond acceptors (Lipinski definition) is 7. The summed E-state index contributed by atoms with van der Waals surface area (Å²) in [6, 6.07) is 14.9. The summed E-state index contributed by atoms with van der Waals surface area (Å²) in [7, 11) is -3.02. The molecule has 1 aliphatic rings. The van der Waals surface area contributed by atoms with Crippen molar-refractivity contribution in [3.63, 3.8) is 0 Å². The van der Waals surface area contributed by atoms with Gasteiger partial charge in [0, 0.05) is 0 Å². The van der Waals surface area contributed by atoms with Crippen LogP contribution in [0.25, 0.3) is 0 Å². The number of carbonyl (C=O) groups is 1. The van der Waals surface area contributed by atoms with Gasteiger partial charge in [0.25, 0.3) is 0 Å². The highest BCUT2D eigenvalue weighted by molar-refractivity contribution is 7.93. The molecule has 7 nitrogen and oxygen atoms in total. The molecule has 1 saturated heterocycles. The van der Waals surface area contributed by atoms with Crippen molar-refractivity contribution in [2.75, 3.05) is 20.3 Å². The van der Waals surface area contributed by atoms with Gasteiger partial charge in [-0.2, -0.15) is 0 Å². The number of hydrogen-bond donors (Lipinski definition) is 0. The quantitative estimate of drug-likeness (QED) is 0.706. The van der Waals surface area contributed by atoms with Crippen molar-refractivity contribution in [1.82, 2.24) is 0 Å². The van der Waals surface area contributed by atoms with Crippen LogP contribution >= 0.6 is 0 Å². The van der Waals surface area contributed by atoms with E-state index in [-0.39, 0.29) is 18.1 Å². The summed E-state index contributed by atoms with van der Waals surface area (Å²) in [4.78, 5) is 12.4. The molecule has 3 rings (SSSR count). The number of ether oxygens (including phenoxy) is 4. The van der Waals surface area contributed by atoms with Crippen LogP contribution in [-0.4, -0.2) is 45.2 Å². The lowest BCUT2D eigenvalue weighted by Crippen LogP contribution is -2.60. The van der Waals surface area contributed by atoms with Crippen LogP contribution < -0.4 is 4.74 Å². The molecule has 28 heavy (non-hydrogen) atoms. The third kappa shape index (κ3) is 3.76. The highest BCUT2D eigenvalue weighted by atomic mass is 32.2. The zero-order chi connectivity index (χ0) is 20.4. The van der Waals surface area contributed by atoms with Gasteiger partial charge in [-0.05, 0) is 50.2 Å². The van der Waals surface area contributed by atoms with Crippen molar-refractivity contribution in [3.05, 3.63) is 54.6 Å². The lowest BCUT2D eigenvalue weighted by Gasteiger charge is -2.40. The zero-order valence-electron chi connectivity index (χ0n) is 15.9. The van der Waals surface area contributed by atoms with Crippen molar-refractivity contribution in [2.45, 2.75) is 29.3 Å².